The normalized spacial score (nSPS) is 11.2. The zero-order valence-electron chi connectivity index (χ0n) is 11.9. The van der Waals surface area contributed by atoms with Crippen molar-refractivity contribution >= 4 is 23.2 Å². The van der Waals surface area contributed by atoms with Gasteiger partial charge in [0.15, 0.2) is 0 Å². The van der Waals surface area contributed by atoms with Gasteiger partial charge in [-0.3, -0.25) is 0 Å². The summed E-state index contributed by atoms with van der Waals surface area (Å²) in [6.45, 7) is 7.07. The molecule has 0 radical (unpaired) electrons. The Morgan fingerprint density at radius 3 is 2.70 bits per heavy atom. The predicted molar refractivity (Wildman–Crippen MR) is 86.5 cm³/mol. The number of benzene rings is 1. The third-order valence-electron chi connectivity index (χ3n) is 3.14. The molecule has 2 aromatic rings. The molecule has 1 aromatic heterocycles. The van der Waals surface area contributed by atoms with Gasteiger partial charge in [-0.15, -0.1) is 0 Å². The minimum atomic E-state index is 0.657. The van der Waals surface area contributed by atoms with Crippen LogP contribution >= 0.6 is 23.2 Å². The lowest BCUT2D eigenvalue weighted by Gasteiger charge is -2.12. The van der Waals surface area contributed by atoms with Gasteiger partial charge in [-0.05, 0) is 42.3 Å². The van der Waals surface area contributed by atoms with Crippen LogP contribution in [0.3, 0.4) is 0 Å². The molecule has 1 heterocycles. The number of nitrogens with zero attached hydrogens (tertiary/aromatic N) is 1. The molecule has 0 aliphatic carbocycles. The van der Waals surface area contributed by atoms with E-state index >= 15 is 0 Å². The van der Waals surface area contributed by atoms with E-state index in [0.29, 0.717) is 16.0 Å². The van der Waals surface area contributed by atoms with E-state index in [2.05, 4.69) is 42.1 Å². The number of rotatable bonds is 6. The van der Waals surface area contributed by atoms with E-state index in [1.165, 1.54) is 5.69 Å². The van der Waals surface area contributed by atoms with E-state index in [9.17, 15) is 0 Å². The van der Waals surface area contributed by atoms with Crippen LogP contribution < -0.4 is 5.32 Å². The first kappa shape index (κ1) is 15.4. The van der Waals surface area contributed by atoms with Crippen LogP contribution in [0.25, 0.3) is 0 Å². The largest absolute Gasteiger partial charge is 0.346 e. The Hall–Kier alpha value is -0.960. The van der Waals surface area contributed by atoms with Gasteiger partial charge in [0.25, 0.3) is 0 Å². The number of hydrogen-bond donors (Lipinski definition) is 1. The number of hydrogen-bond acceptors (Lipinski definition) is 1. The molecule has 0 bridgehead atoms. The fourth-order valence-corrected chi connectivity index (χ4v) is 2.55. The topological polar surface area (TPSA) is 17.0 Å². The Morgan fingerprint density at radius 2 is 2.00 bits per heavy atom. The molecule has 2 rings (SSSR count). The number of nitrogens with one attached hydrogen (secondary N) is 1. The molecule has 0 aliphatic rings. The lowest BCUT2D eigenvalue weighted by Crippen LogP contribution is -2.20. The smallest absolute Gasteiger partial charge is 0.0488 e. The van der Waals surface area contributed by atoms with Crippen LogP contribution in [0.15, 0.2) is 36.5 Å². The fraction of sp³-hybridized carbons (Fsp3) is 0.375. The quantitative estimate of drug-likeness (QED) is 0.825. The fourth-order valence-electron chi connectivity index (χ4n) is 2.09. The summed E-state index contributed by atoms with van der Waals surface area (Å²) >= 11 is 12.2. The predicted octanol–water partition coefficient (Wildman–Crippen LogP) is 4.59. The Balaban J connectivity index is 2.04. The van der Waals surface area contributed by atoms with Crippen molar-refractivity contribution < 1.29 is 0 Å². The van der Waals surface area contributed by atoms with Crippen LogP contribution in [-0.4, -0.2) is 11.1 Å². The van der Waals surface area contributed by atoms with Crippen molar-refractivity contribution in [3.63, 3.8) is 0 Å². The van der Waals surface area contributed by atoms with Gasteiger partial charge in [0.05, 0.1) is 0 Å². The molecule has 0 aliphatic heterocycles. The highest BCUT2D eigenvalue weighted by molar-refractivity contribution is 6.35. The van der Waals surface area contributed by atoms with E-state index in [-0.39, 0.29) is 0 Å². The van der Waals surface area contributed by atoms with E-state index in [1.807, 2.05) is 12.1 Å². The summed E-state index contributed by atoms with van der Waals surface area (Å²) in [5.74, 6) is 0.657. The Morgan fingerprint density at radius 1 is 1.20 bits per heavy atom. The van der Waals surface area contributed by atoms with Gasteiger partial charge in [0.1, 0.15) is 0 Å². The monoisotopic (exact) mass is 310 g/mol. The summed E-state index contributed by atoms with van der Waals surface area (Å²) in [7, 11) is 0. The second kappa shape index (κ2) is 7.16. The average Bonchev–Trinajstić information content (AvgIpc) is 2.80. The van der Waals surface area contributed by atoms with Crippen LogP contribution in [0.5, 0.6) is 0 Å². The summed E-state index contributed by atoms with van der Waals surface area (Å²) in [4.78, 5) is 0. The zero-order chi connectivity index (χ0) is 14.5. The Labute approximate surface area is 130 Å². The minimum absolute atomic E-state index is 0.657. The molecule has 20 heavy (non-hydrogen) atoms. The van der Waals surface area contributed by atoms with Gasteiger partial charge in [-0.25, -0.2) is 0 Å². The van der Waals surface area contributed by atoms with Gasteiger partial charge >= 0.3 is 0 Å². The molecule has 2 nitrogen and oxygen atoms in total. The molecular weight excluding hydrogens is 291 g/mol. The van der Waals surface area contributed by atoms with Crippen molar-refractivity contribution in [1.29, 1.82) is 0 Å². The Kier molecular flexibility index (Phi) is 5.53. The lowest BCUT2D eigenvalue weighted by atomic mass is 10.2. The highest BCUT2D eigenvalue weighted by Crippen LogP contribution is 2.22. The molecule has 0 saturated heterocycles. The zero-order valence-corrected chi connectivity index (χ0v) is 13.4. The maximum Gasteiger partial charge on any atom is 0.0488 e. The third-order valence-corrected chi connectivity index (χ3v) is 3.72. The number of aromatic nitrogens is 1. The summed E-state index contributed by atoms with van der Waals surface area (Å²) in [5, 5.41) is 4.85. The summed E-state index contributed by atoms with van der Waals surface area (Å²) in [6, 6.07) is 9.85. The van der Waals surface area contributed by atoms with E-state index in [1.54, 1.807) is 6.07 Å². The summed E-state index contributed by atoms with van der Waals surface area (Å²) in [5.41, 5.74) is 2.34. The maximum absolute atomic E-state index is 6.23. The molecule has 0 spiro atoms. The third kappa shape index (κ3) is 4.27. The van der Waals surface area contributed by atoms with Crippen LogP contribution in [0.2, 0.25) is 10.0 Å². The summed E-state index contributed by atoms with van der Waals surface area (Å²) < 4.78 is 2.21. The van der Waals surface area contributed by atoms with Gasteiger partial charge in [-0.1, -0.05) is 43.1 Å². The van der Waals surface area contributed by atoms with E-state index in [4.69, 9.17) is 23.2 Å². The first-order chi connectivity index (χ1) is 9.56. The molecule has 108 valence electrons. The first-order valence-electron chi connectivity index (χ1n) is 6.85. The Bertz CT molecular complexity index is 561. The highest BCUT2D eigenvalue weighted by Gasteiger charge is 2.06. The van der Waals surface area contributed by atoms with Gasteiger partial charge < -0.3 is 9.88 Å². The lowest BCUT2D eigenvalue weighted by molar-refractivity contribution is 0.539. The molecule has 0 saturated carbocycles. The van der Waals surface area contributed by atoms with Crippen molar-refractivity contribution in [2.45, 2.75) is 26.9 Å². The molecule has 1 aromatic carbocycles. The molecule has 0 atom stereocenters. The van der Waals surface area contributed by atoms with Gasteiger partial charge in [0.2, 0.25) is 0 Å². The van der Waals surface area contributed by atoms with Crippen LogP contribution in [0.4, 0.5) is 0 Å². The summed E-state index contributed by atoms with van der Waals surface area (Å²) in [6.07, 6.45) is 2.08. The molecule has 0 unspecified atom stereocenters. The van der Waals surface area contributed by atoms with Crippen LogP contribution in [0, 0.1) is 5.92 Å². The standard InChI is InChI=1S/C16H20Cl2N2/c1-12(2)9-19-10-15-4-3-7-20(15)11-13-5-6-14(17)8-16(13)18/h3-8,12,19H,9-11H2,1-2H3. The van der Waals surface area contributed by atoms with E-state index in [0.717, 1.165) is 25.2 Å². The molecule has 4 heteroatoms. The van der Waals surface area contributed by atoms with Crippen molar-refractivity contribution in [1.82, 2.24) is 9.88 Å². The number of halogens is 2. The molecule has 1 N–H and O–H groups in total. The average molecular weight is 311 g/mol. The maximum atomic E-state index is 6.23. The second-order valence-corrected chi connectivity index (χ2v) is 6.23. The van der Waals surface area contributed by atoms with Gasteiger partial charge in [-0.2, -0.15) is 0 Å². The van der Waals surface area contributed by atoms with Crippen molar-refractivity contribution in [3.8, 4) is 0 Å². The highest BCUT2D eigenvalue weighted by atomic mass is 35.5. The molecular formula is C16H20Cl2N2. The van der Waals surface area contributed by atoms with Crippen LogP contribution in [-0.2, 0) is 13.1 Å². The molecule has 0 fully saturated rings. The van der Waals surface area contributed by atoms with Crippen molar-refractivity contribution in [3.05, 3.63) is 57.8 Å². The van der Waals surface area contributed by atoms with Crippen molar-refractivity contribution in [2.24, 2.45) is 5.92 Å². The SMILES string of the molecule is CC(C)CNCc1cccn1Cc1ccc(Cl)cc1Cl. The van der Waals surface area contributed by atoms with E-state index < -0.39 is 0 Å². The van der Waals surface area contributed by atoms with Gasteiger partial charge in [0, 0.05) is 35.0 Å². The minimum Gasteiger partial charge on any atom is -0.346 e. The first-order valence-corrected chi connectivity index (χ1v) is 7.60. The molecule has 0 amide bonds. The van der Waals surface area contributed by atoms with Crippen molar-refractivity contribution in [2.75, 3.05) is 6.54 Å². The second-order valence-electron chi connectivity index (χ2n) is 5.39. The van der Waals surface area contributed by atoms with Crippen LogP contribution in [0.1, 0.15) is 25.1 Å².